The van der Waals surface area contributed by atoms with E-state index < -0.39 is 5.97 Å². The van der Waals surface area contributed by atoms with E-state index in [9.17, 15) is 4.79 Å². The van der Waals surface area contributed by atoms with Crippen LogP contribution >= 0.6 is 11.3 Å². The molecule has 1 heterocycles. The van der Waals surface area contributed by atoms with Crippen molar-refractivity contribution in [3.05, 3.63) is 57.8 Å². The summed E-state index contributed by atoms with van der Waals surface area (Å²) in [5.41, 5.74) is 1.48. The minimum Gasteiger partial charge on any atom is -0.478 e. The van der Waals surface area contributed by atoms with Crippen LogP contribution in [0.25, 0.3) is 0 Å². The molecule has 2 aromatic rings. The molecule has 0 bridgehead atoms. The molecule has 0 amide bonds. The molecular weight excluding hydrogens is 270 g/mol. The molecule has 0 aliphatic carbocycles. The van der Waals surface area contributed by atoms with Gasteiger partial charge in [-0.2, -0.15) is 0 Å². The number of carboxylic acid groups (broad SMARTS) is 1. The largest absolute Gasteiger partial charge is 0.478 e. The molecule has 0 spiro atoms. The van der Waals surface area contributed by atoms with E-state index >= 15 is 0 Å². The number of carboxylic acids is 1. The fourth-order valence-corrected chi connectivity index (χ4v) is 2.74. The number of carbonyl (C=O) groups is 1. The molecule has 0 fully saturated rings. The van der Waals surface area contributed by atoms with Gasteiger partial charge >= 0.3 is 5.97 Å². The van der Waals surface area contributed by atoms with Crippen molar-refractivity contribution >= 4 is 17.3 Å². The Morgan fingerprint density at radius 1 is 1.20 bits per heavy atom. The van der Waals surface area contributed by atoms with Gasteiger partial charge in [0, 0.05) is 24.0 Å². The van der Waals surface area contributed by atoms with Gasteiger partial charge in [-0.15, -0.1) is 11.3 Å². The van der Waals surface area contributed by atoms with Gasteiger partial charge in [-0.3, -0.25) is 4.90 Å². The summed E-state index contributed by atoms with van der Waals surface area (Å²) in [5.74, 6) is -0.879. The first-order valence-electron chi connectivity index (χ1n) is 6.65. The van der Waals surface area contributed by atoms with Crippen molar-refractivity contribution in [1.29, 1.82) is 0 Å². The Balaban J connectivity index is 2.06. The zero-order valence-electron chi connectivity index (χ0n) is 11.7. The van der Waals surface area contributed by atoms with Gasteiger partial charge in [-0.05, 0) is 43.0 Å². The summed E-state index contributed by atoms with van der Waals surface area (Å²) >= 11 is 1.77. The Bertz CT molecular complexity index is 546. The highest BCUT2D eigenvalue weighted by molar-refractivity contribution is 7.09. The molecule has 3 nitrogen and oxygen atoms in total. The molecule has 0 aliphatic heterocycles. The summed E-state index contributed by atoms with van der Waals surface area (Å²) in [7, 11) is 0. The summed E-state index contributed by atoms with van der Waals surface area (Å²) in [6.07, 6.45) is 0. The highest BCUT2D eigenvalue weighted by Crippen LogP contribution is 2.17. The summed E-state index contributed by atoms with van der Waals surface area (Å²) in [5, 5.41) is 11.0. The molecule has 0 unspecified atom stereocenters. The third kappa shape index (κ3) is 3.92. The number of aromatic carboxylic acids is 1. The lowest BCUT2D eigenvalue weighted by Crippen LogP contribution is -2.29. The molecule has 0 saturated carbocycles. The molecule has 1 N–H and O–H groups in total. The van der Waals surface area contributed by atoms with Gasteiger partial charge in [-0.1, -0.05) is 18.2 Å². The second kappa shape index (κ2) is 6.68. The first-order valence-corrected chi connectivity index (χ1v) is 7.53. The predicted octanol–water partition coefficient (Wildman–Crippen LogP) is 3.86. The lowest BCUT2D eigenvalue weighted by atomic mass is 10.1. The van der Waals surface area contributed by atoms with Crippen LogP contribution in [-0.2, 0) is 13.1 Å². The van der Waals surface area contributed by atoms with Crippen LogP contribution in [0.15, 0.2) is 41.8 Å². The Labute approximate surface area is 123 Å². The Hall–Kier alpha value is -1.65. The zero-order chi connectivity index (χ0) is 14.5. The average molecular weight is 289 g/mol. The number of hydrogen-bond donors (Lipinski definition) is 1. The third-order valence-corrected chi connectivity index (χ3v) is 4.12. The minimum atomic E-state index is -0.879. The highest BCUT2D eigenvalue weighted by Gasteiger charge is 2.12. The summed E-state index contributed by atoms with van der Waals surface area (Å²) in [6.45, 7) is 6.12. The van der Waals surface area contributed by atoms with Crippen LogP contribution in [0.5, 0.6) is 0 Å². The standard InChI is InChI=1S/C16H19NO2S/c1-12(2)17(11-15-4-3-9-20-15)10-13-5-7-14(8-6-13)16(18)19/h3-9,12H,10-11H2,1-2H3,(H,18,19). The first-order chi connectivity index (χ1) is 9.56. The Morgan fingerprint density at radius 3 is 2.40 bits per heavy atom. The van der Waals surface area contributed by atoms with Crippen molar-refractivity contribution in [1.82, 2.24) is 4.90 Å². The number of thiophene rings is 1. The maximum absolute atomic E-state index is 10.8. The van der Waals surface area contributed by atoms with E-state index in [0.29, 0.717) is 11.6 Å². The fraction of sp³-hybridized carbons (Fsp3) is 0.312. The molecule has 1 aromatic heterocycles. The highest BCUT2D eigenvalue weighted by atomic mass is 32.1. The molecule has 0 radical (unpaired) electrons. The van der Waals surface area contributed by atoms with E-state index in [4.69, 9.17) is 5.11 Å². The number of nitrogens with zero attached hydrogens (tertiary/aromatic N) is 1. The van der Waals surface area contributed by atoms with Crippen LogP contribution in [0.3, 0.4) is 0 Å². The molecule has 1 aromatic carbocycles. The summed E-state index contributed by atoms with van der Waals surface area (Å²) in [6, 6.07) is 11.8. The van der Waals surface area contributed by atoms with Gasteiger partial charge in [0.1, 0.15) is 0 Å². The van der Waals surface area contributed by atoms with E-state index in [1.54, 1.807) is 23.5 Å². The average Bonchev–Trinajstić information content (AvgIpc) is 2.91. The molecule has 0 atom stereocenters. The number of rotatable bonds is 6. The van der Waals surface area contributed by atoms with E-state index in [2.05, 4.69) is 36.3 Å². The SMILES string of the molecule is CC(C)N(Cc1ccc(C(=O)O)cc1)Cc1cccs1. The second-order valence-corrected chi connectivity index (χ2v) is 6.11. The monoisotopic (exact) mass is 289 g/mol. The molecule has 0 saturated heterocycles. The second-order valence-electron chi connectivity index (χ2n) is 5.08. The first kappa shape index (κ1) is 14.8. The van der Waals surface area contributed by atoms with Crippen molar-refractivity contribution < 1.29 is 9.90 Å². The number of hydrogen-bond acceptors (Lipinski definition) is 3. The molecule has 20 heavy (non-hydrogen) atoms. The van der Waals surface area contributed by atoms with Crippen molar-refractivity contribution in [2.45, 2.75) is 33.0 Å². The Kier molecular flexibility index (Phi) is 4.93. The molecule has 4 heteroatoms. The lowest BCUT2D eigenvalue weighted by molar-refractivity contribution is 0.0697. The van der Waals surface area contributed by atoms with Crippen LogP contribution in [0.2, 0.25) is 0 Å². The van der Waals surface area contributed by atoms with Gasteiger partial charge in [0.15, 0.2) is 0 Å². The van der Waals surface area contributed by atoms with Crippen LogP contribution < -0.4 is 0 Å². The van der Waals surface area contributed by atoms with Crippen molar-refractivity contribution in [3.63, 3.8) is 0 Å². The normalized spacial score (nSPS) is 11.2. The maximum Gasteiger partial charge on any atom is 0.335 e. The topological polar surface area (TPSA) is 40.5 Å². The van der Waals surface area contributed by atoms with Gasteiger partial charge in [-0.25, -0.2) is 4.79 Å². The quantitative estimate of drug-likeness (QED) is 0.878. The van der Waals surface area contributed by atoms with Gasteiger partial charge < -0.3 is 5.11 Å². The van der Waals surface area contributed by atoms with Gasteiger partial charge in [0.2, 0.25) is 0 Å². The van der Waals surface area contributed by atoms with Crippen LogP contribution in [0, 0.1) is 0 Å². The summed E-state index contributed by atoms with van der Waals surface area (Å²) < 4.78 is 0. The molecule has 0 aliphatic rings. The smallest absolute Gasteiger partial charge is 0.335 e. The van der Waals surface area contributed by atoms with Crippen molar-refractivity contribution in [2.75, 3.05) is 0 Å². The fourth-order valence-electron chi connectivity index (χ4n) is 2.01. The molecule has 2 rings (SSSR count). The molecular formula is C16H19NO2S. The van der Waals surface area contributed by atoms with Crippen molar-refractivity contribution in [3.8, 4) is 0 Å². The Morgan fingerprint density at radius 2 is 1.90 bits per heavy atom. The van der Waals surface area contributed by atoms with Crippen molar-refractivity contribution in [2.24, 2.45) is 0 Å². The van der Waals surface area contributed by atoms with Crippen LogP contribution in [0.4, 0.5) is 0 Å². The van der Waals surface area contributed by atoms with Gasteiger partial charge in [0.05, 0.1) is 5.56 Å². The molecule has 106 valence electrons. The predicted molar refractivity (Wildman–Crippen MR) is 82.1 cm³/mol. The van der Waals surface area contributed by atoms with Gasteiger partial charge in [0.25, 0.3) is 0 Å². The minimum absolute atomic E-state index is 0.336. The zero-order valence-corrected chi connectivity index (χ0v) is 12.6. The lowest BCUT2D eigenvalue weighted by Gasteiger charge is -2.26. The van der Waals surface area contributed by atoms with E-state index in [1.807, 2.05) is 12.1 Å². The summed E-state index contributed by atoms with van der Waals surface area (Å²) in [4.78, 5) is 14.6. The number of benzene rings is 1. The third-order valence-electron chi connectivity index (χ3n) is 3.26. The maximum atomic E-state index is 10.8. The van der Waals surface area contributed by atoms with E-state index in [0.717, 1.165) is 18.7 Å². The van der Waals surface area contributed by atoms with E-state index in [1.165, 1.54) is 4.88 Å². The van der Waals surface area contributed by atoms with Crippen LogP contribution in [0.1, 0.15) is 34.6 Å². The van der Waals surface area contributed by atoms with E-state index in [-0.39, 0.29) is 0 Å². The van der Waals surface area contributed by atoms with Crippen LogP contribution in [-0.4, -0.2) is 22.0 Å².